The molecule has 14 heteroatoms. The smallest absolute Gasteiger partial charge is 0.303 e. The van der Waals surface area contributed by atoms with Crippen LogP contribution >= 0.6 is 0 Å². The summed E-state index contributed by atoms with van der Waals surface area (Å²) in [4.78, 5) is 11.7. The molecule has 7 N–H and O–H groups in total. The summed E-state index contributed by atoms with van der Waals surface area (Å²) in [6.07, 6.45) is 6.82. The second kappa shape index (κ2) is 26.5. The van der Waals surface area contributed by atoms with E-state index < -0.39 is 86.7 Å². The number of aliphatic hydroxyl groups excluding tert-OH is 7. The van der Waals surface area contributed by atoms with Crippen LogP contribution in [0.25, 0.3) is 0 Å². The van der Waals surface area contributed by atoms with Crippen LogP contribution in [0.15, 0.2) is 12.2 Å². The van der Waals surface area contributed by atoms with Gasteiger partial charge in [0.25, 0.3) is 0 Å². The third kappa shape index (κ3) is 17.0. The molecule has 0 bridgehead atoms. The Balaban J connectivity index is 1.62. The highest BCUT2D eigenvalue weighted by Gasteiger charge is 2.47. The molecule has 0 aromatic carbocycles. The lowest BCUT2D eigenvalue weighted by atomic mass is 9.98. The van der Waals surface area contributed by atoms with E-state index >= 15 is 0 Å². The van der Waals surface area contributed by atoms with Gasteiger partial charge in [-0.1, -0.05) is 83.3 Å². The minimum atomic E-state index is -1.70. The average molecular weight is 723 g/mol. The summed E-state index contributed by atoms with van der Waals surface area (Å²) in [7, 11) is 0. The zero-order valence-electron chi connectivity index (χ0n) is 30.1. The van der Waals surface area contributed by atoms with Gasteiger partial charge < -0.3 is 64.2 Å². The SMILES string of the molecule is CCCCCCCCC/C=C\CCCCCCCCOCC(COC1OC(COC2OC(CO)C(O)C(O)C2O)C(O)C(O)C1O)OC(C)=O. The van der Waals surface area contributed by atoms with Gasteiger partial charge in [-0.25, -0.2) is 0 Å². The standard InChI is InChI=1S/C36H66O14/c1-3-4-5-6-7-8-9-10-11-12-13-14-15-16-17-18-19-20-45-22-26(48-25(2)38)23-46-35-34(44)32(42)30(40)28(50-35)24-47-36-33(43)31(41)29(39)27(21-37)49-36/h11-12,26-37,39-44H,3-10,13-24H2,1-2H3/b12-11-. The quantitative estimate of drug-likeness (QED) is 0.0367. The van der Waals surface area contributed by atoms with Crippen LogP contribution in [-0.2, 0) is 33.2 Å². The summed E-state index contributed by atoms with van der Waals surface area (Å²) < 4.78 is 33.0. The zero-order valence-corrected chi connectivity index (χ0v) is 30.1. The first kappa shape index (κ1) is 44.9. The Hall–Kier alpha value is -1.27. The third-order valence-corrected chi connectivity index (χ3v) is 9.07. The van der Waals surface area contributed by atoms with Crippen molar-refractivity contribution < 1.29 is 69.0 Å². The number of esters is 1. The normalized spacial score (nSPS) is 30.9. The number of ether oxygens (including phenoxy) is 6. The molecule has 2 fully saturated rings. The van der Waals surface area contributed by atoms with Crippen molar-refractivity contribution in [2.75, 3.05) is 33.0 Å². The van der Waals surface area contributed by atoms with E-state index in [0.29, 0.717) is 6.61 Å². The van der Waals surface area contributed by atoms with Crippen LogP contribution in [0.5, 0.6) is 0 Å². The number of rotatable bonds is 27. The monoisotopic (exact) mass is 722 g/mol. The van der Waals surface area contributed by atoms with Crippen molar-refractivity contribution in [3.63, 3.8) is 0 Å². The fourth-order valence-electron chi connectivity index (χ4n) is 5.98. The van der Waals surface area contributed by atoms with E-state index in [1.807, 2.05) is 0 Å². The Bertz CT molecular complexity index is 891. The first-order chi connectivity index (χ1) is 24.1. The van der Waals surface area contributed by atoms with Gasteiger partial charge in [-0.2, -0.15) is 0 Å². The molecule has 0 radical (unpaired) electrons. The number of hydrogen-bond acceptors (Lipinski definition) is 14. The minimum Gasteiger partial charge on any atom is -0.458 e. The van der Waals surface area contributed by atoms with Crippen molar-refractivity contribution >= 4 is 5.97 Å². The largest absolute Gasteiger partial charge is 0.458 e. The number of aliphatic hydroxyl groups is 7. The van der Waals surface area contributed by atoms with Gasteiger partial charge in [-0.3, -0.25) is 4.79 Å². The van der Waals surface area contributed by atoms with Gasteiger partial charge in [0.05, 0.1) is 26.4 Å². The summed E-state index contributed by atoms with van der Waals surface area (Å²) in [5.41, 5.74) is 0. The van der Waals surface area contributed by atoms with Crippen LogP contribution < -0.4 is 0 Å². The Labute approximate surface area is 297 Å². The number of unbranched alkanes of at least 4 members (excludes halogenated alkanes) is 13. The summed E-state index contributed by atoms with van der Waals surface area (Å²) in [6, 6.07) is 0. The highest BCUT2D eigenvalue weighted by atomic mass is 16.7. The van der Waals surface area contributed by atoms with Gasteiger partial charge in [-0.05, 0) is 32.1 Å². The molecule has 0 aromatic rings. The van der Waals surface area contributed by atoms with Gasteiger partial charge in [0.2, 0.25) is 0 Å². The highest BCUT2D eigenvalue weighted by molar-refractivity contribution is 5.66. The Morgan fingerprint density at radius 2 is 1.14 bits per heavy atom. The molecule has 294 valence electrons. The molecular formula is C36H66O14. The molecular weight excluding hydrogens is 656 g/mol. The molecule has 2 heterocycles. The highest BCUT2D eigenvalue weighted by Crippen LogP contribution is 2.26. The van der Waals surface area contributed by atoms with Crippen LogP contribution in [0.4, 0.5) is 0 Å². The molecule has 2 rings (SSSR count). The lowest BCUT2D eigenvalue weighted by molar-refractivity contribution is -0.332. The van der Waals surface area contributed by atoms with Gasteiger partial charge >= 0.3 is 5.97 Å². The lowest BCUT2D eigenvalue weighted by Gasteiger charge is -2.42. The van der Waals surface area contributed by atoms with E-state index in [1.54, 1.807) is 0 Å². The average Bonchev–Trinajstić information content (AvgIpc) is 3.10. The third-order valence-electron chi connectivity index (χ3n) is 9.07. The predicted octanol–water partition coefficient (Wildman–Crippen LogP) is 2.00. The molecule has 11 atom stereocenters. The predicted molar refractivity (Wildman–Crippen MR) is 183 cm³/mol. The van der Waals surface area contributed by atoms with E-state index in [9.17, 15) is 40.5 Å². The van der Waals surface area contributed by atoms with E-state index in [1.165, 1.54) is 77.6 Å². The van der Waals surface area contributed by atoms with Crippen molar-refractivity contribution in [3.05, 3.63) is 12.2 Å². The molecule has 0 saturated carbocycles. The molecule has 11 unspecified atom stereocenters. The maximum Gasteiger partial charge on any atom is 0.303 e. The van der Waals surface area contributed by atoms with E-state index in [-0.39, 0.29) is 13.2 Å². The first-order valence-electron chi connectivity index (χ1n) is 18.7. The molecule has 0 amide bonds. The van der Waals surface area contributed by atoms with Crippen LogP contribution in [0.3, 0.4) is 0 Å². The number of carbonyl (C=O) groups excluding carboxylic acids is 1. The first-order valence-corrected chi connectivity index (χ1v) is 18.7. The van der Waals surface area contributed by atoms with Gasteiger partial charge in [0.1, 0.15) is 54.9 Å². The molecule has 2 saturated heterocycles. The minimum absolute atomic E-state index is 0.0441. The summed E-state index contributed by atoms with van der Waals surface area (Å²) in [6.45, 7) is 2.64. The second-order valence-electron chi connectivity index (χ2n) is 13.5. The number of allylic oxidation sites excluding steroid dienone is 2. The Morgan fingerprint density at radius 3 is 1.70 bits per heavy atom. The summed E-state index contributed by atoms with van der Waals surface area (Å²) >= 11 is 0. The van der Waals surface area contributed by atoms with Gasteiger partial charge in [-0.15, -0.1) is 0 Å². The zero-order chi connectivity index (χ0) is 36.7. The van der Waals surface area contributed by atoms with E-state index in [0.717, 1.165) is 25.7 Å². The van der Waals surface area contributed by atoms with Crippen molar-refractivity contribution in [2.24, 2.45) is 0 Å². The molecule has 14 nitrogen and oxygen atoms in total. The van der Waals surface area contributed by atoms with Crippen LogP contribution in [0, 0.1) is 0 Å². The second-order valence-corrected chi connectivity index (χ2v) is 13.5. The lowest BCUT2D eigenvalue weighted by Crippen LogP contribution is -2.61. The van der Waals surface area contributed by atoms with Gasteiger partial charge in [0, 0.05) is 13.5 Å². The molecule has 0 aromatic heterocycles. The molecule has 0 spiro atoms. The fraction of sp³-hybridized carbons (Fsp3) is 0.917. The van der Waals surface area contributed by atoms with Gasteiger partial charge in [0.15, 0.2) is 12.6 Å². The van der Waals surface area contributed by atoms with Crippen LogP contribution in [0.1, 0.15) is 110 Å². The maximum atomic E-state index is 11.7. The van der Waals surface area contributed by atoms with Crippen LogP contribution in [0.2, 0.25) is 0 Å². The topological polar surface area (TPSA) is 214 Å². The van der Waals surface area contributed by atoms with Crippen LogP contribution in [-0.4, -0.2) is 142 Å². The molecule has 2 aliphatic rings. The van der Waals surface area contributed by atoms with Crippen molar-refractivity contribution in [1.29, 1.82) is 0 Å². The summed E-state index contributed by atoms with van der Waals surface area (Å²) in [5, 5.41) is 70.8. The summed E-state index contributed by atoms with van der Waals surface area (Å²) in [5.74, 6) is -0.554. The van der Waals surface area contributed by atoms with Crippen molar-refractivity contribution in [2.45, 2.75) is 178 Å². The number of hydrogen-bond donors (Lipinski definition) is 7. The molecule has 2 aliphatic heterocycles. The maximum absolute atomic E-state index is 11.7. The van der Waals surface area contributed by atoms with E-state index in [2.05, 4.69) is 19.1 Å². The van der Waals surface area contributed by atoms with Crippen molar-refractivity contribution in [3.8, 4) is 0 Å². The Morgan fingerprint density at radius 1 is 0.640 bits per heavy atom. The fourth-order valence-corrected chi connectivity index (χ4v) is 5.98. The molecule has 50 heavy (non-hydrogen) atoms. The molecule has 0 aliphatic carbocycles. The van der Waals surface area contributed by atoms with Crippen molar-refractivity contribution in [1.82, 2.24) is 0 Å². The van der Waals surface area contributed by atoms with E-state index in [4.69, 9.17) is 28.4 Å². The number of carbonyl (C=O) groups is 1. The Kier molecular flexibility index (Phi) is 23.8.